The molecule has 1 aliphatic carbocycles. The van der Waals surface area contributed by atoms with E-state index in [9.17, 15) is 31.1 Å². The molecule has 25 heavy (non-hydrogen) atoms. The molecule has 1 unspecified atom stereocenters. The Bertz CT molecular complexity index is 673. The lowest BCUT2D eigenvalue weighted by Crippen LogP contribution is -2.53. The molecule has 2 rings (SSSR count). The summed E-state index contributed by atoms with van der Waals surface area (Å²) >= 11 is 0. The van der Waals surface area contributed by atoms with Gasteiger partial charge >= 0.3 is 24.0 Å². The summed E-state index contributed by atoms with van der Waals surface area (Å²) in [5.41, 5.74) is -1.25. The van der Waals surface area contributed by atoms with E-state index in [4.69, 9.17) is 5.11 Å². The first kappa shape index (κ1) is 19.4. The second-order valence-electron chi connectivity index (χ2n) is 5.73. The Labute approximate surface area is 139 Å². The van der Waals surface area contributed by atoms with Gasteiger partial charge in [-0.25, -0.2) is 4.79 Å². The number of carbonyl (C=O) groups excluding carboxylic acids is 1. The maximum atomic E-state index is 14.3. The summed E-state index contributed by atoms with van der Waals surface area (Å²) in [6, 6.07) is 0.815. The fraction of sp³-hybridized carbons (Fsp3) is 0.533. The first-order valence-corrected chi connectivity index (χ1v) is 7.43. The number of amides is 2. The molecular weight excluding hydrogens is 354 g/mol. The van der Waals surface area contributed by atoms with Crippen LogP contribution >= 0.6 is 0 Å². The molecule has 0 radical (unpaired) electrons. The standard InChI is InChI=1S/C15H16F6N2O2/c1-22-12(24)23-11-9-5-3-2-4-8(9)6-7-10(11)13(16,17)14(18,25)15(19,20)21/h6-7,25H,2-5H2,1H3,(H2,22,23,24). The number of alkyl halides is 6. The summed E-state index contributed by atoms with van der Waals surface area (Å²) in [6.07, 6.45) is -4.18. The SMILES string of the molecule is CNC(=O)Nc1c(C(F)(F)C(O)(F)C(F)(F)F)ccc2c1CCCC2. The second kappa shape index (κ2) is 6.40. The van der Waals surface area contributed by atoms with Crippen LogP contribution in [0.4, 0.5) is 36.8 Å². The molecule has 3 N–H and O–H groups in total. The zero-order chi connectivity index (χ0) is 19.0. The molecule has 0 spiro atoms. The Balaban J connectivity index is 2.66. The maximum Gasteiger partial charge on any atom is 0.455 e. The number of hydrogen-bond acceptors (Lipinski definition) is 2. The van der Waals surface area contributed by atoms with Crippen LogP contribution in [0, 0.1) is 0 Å². The normalized spacial score (nSPS) is 17.4. The van der Waals surface area contributed by atoms with E-state index in [0.29, 0.717) is 24.5 Å². The Morgan fingerprint density at radius 1 is 1.08 bits per heavy atom. The predicted octanol–water partition coefficient (Wildman–Crippen LogP) is 3.63. The molecule has 140 valence electrons. The Hall–Kier alpha value is -1.97. The van der Waals surface area contributed by atoms with E-state index in [2.05, 4.69) is 5.32 Å². The molecule has 0 aliphatic heterocycles. The van der Waals surface area contributed by atoms with Crippen LogP contribution < -0.4 is 10.6 Å². The van der Waals surface area contributed by atoms with E-state index in [0.717, 1.165) is 6.42 Å². The van der Waals surface area contributed by atoms with Gasteiger partial charge in [0.25, 0.3) is 0 Å². The number of hydrogen-bond donors (Lipinski definition) is 3. The van der Waals surface area contributed by atoms with E-state index in [1.54, 1.807) is 0 Å². The minimum absolute atomic E-state index is 0.213. The summed E-state index contributed by atoms with van der Waals surface area (Å²) in [7, 11) is 1.18. The van der Waals surface area contributed by atoms with Gasteiger partial charge in [0.05, 0.1) is 11.3 Å². The Morgan fingerprint density at radius 3 is 2.24 bits per heavy atom. The van der Waals surface area contributed by atoms with Crippen LogP contribution in [-0.4, -0.2) is 30.2 Å². The average molecular weight is 370 g/mol. The molecule has 0 saturated heterocycles. The summed E-state index contributed by atoms with van der Waals surface area (Å²) in [4.78, 5) is 11.5. The summed E-state index contributed by atoms with van der Waals surface area (Å²) in [6.45, 7) is 0. The van der Waals surface area contributed by atoms with Crippen molar-refractivity contribution in [1.82, 2.24) is 5.32 Å². The van der Waals surface area contributed by atoms with E-state index in [-0.39, 0.29) is 12.0 Å². The first-order valence-electron chi connectivity index (χ1n) is 7.43. The molecule has 2 amide bonds. The molecule has 0 aromatic heterocycles. The molecule has 0 heterocycles. The molecule has 1 aromatic carbocycles. The highest BCUT2D eigenvalue weighted by Gasteiger charge is 2.72. The quantitative estimate of drug-likeness (QED) is 0.712. The number of aliphatic hydroxyl groups is 1. The van der Waals surface area contributed by atoms with Gasteiger partial charge in [0.1, 0.15) is 0 Å². The van der Waals surface area contributed by atoms with Crippen molar-refractivity contribution in [3.05, 3.63) is 28.8 Å². The zero-order valence-electron chi connectivity index (χ0n) is 13.1. The molecule has 0 fully saturated rings. The van der Waals surface area contributed by atoms with E-state index < -0.39 is 35.2 Å². The molecule has 1 aromatic rings. The van der Waals surface area contributed by atoms with Crippen LogP contribution in [0.2, 0.25) is 0 Å². The fourth-order valence-electron chi connectivity index (χ4n) is 2.76. The summed E-state index contributed by atoms with van der Waals surface area (Å²) in [5.74, 6) is -11.1. The van der Waals surface area contributed by atoms with Crippen LogP contribution in [0.3, 0.4) is 0 Å². The highest BCUT2D eigenvalue weighted by Crippen LogP contribution is 2.51. The van der Waals surface area contributed by atoms with Crippen LogP contribution in [0.5, 0.6) is 0 Å². The summed E-state index contributed by atoms with van der Waals surface area (Å²) < 4.78 is 80.1. The molecule has 4 nitrogen and oxygen atoms in total. The van der Waals surface area contributed by atoms with Crippen molar-refractivity contribution in [3.63, 3.8) is 0 Å². The highest BCUT2D eigenvalue weighted by atomic mass is 19.4. The smallest absolute Gasteiger partial charge is 0.350 e. The van der Waals surface area contributed by atoms with Crippen molar-refractivity contribution in [3.8, 4) is 0 Å². The minimum atomic E-state index is -6.23. The Morgan fingerprint density at radius 2 is 1.68 bits per heavy atom. The lowest BCUT2D eigenvalue weighted by molar-refractivity contribution is -0.390. The molecular formula is C15H16F6N2O2. The van der Waals surface area contributed by atoms with Crippen LogP contribution in [0.15, 0.2) is 12.1 Å². The maximum absolute atomic E-state index is 14.3. The van der Waals surface area contributed by atoms with E-state index in [1.807, 2.05) is 5.32 Å². The topological polar surface area (TPSA) is 61.4 Å². The third-order valence-electron chi connectivity index (χ3n) is 4.13. The molecule has 1 atom stereocenters. The fourth-order valence-corrected chi connectivity index (χ4v) is 2.76. The molecule has 1 aliphatic rings. The largest absolute Gasteiger partial charge is 0.455 e. The molecule has 0 saturated carbocycles. The van der Waals surface area contributed by atoms with Crippen molar-refractivity contribution in [2.45, 2.75) is 43.6 Å². The van der Waals surface area contributed by atoms with Gasteiger partial charge in [-0.2, -0.15) is 26.3 Å². The second-order valence-corrected chi connectivity index (χ2v) is 5.73. The van der Waals surface area contributed by atoms with Gasteiger partial charge in [-0.1, -0.05) is 12.1 Å². The van der Waals surface area contributed by atoms with E-state index >= 15 is 0 Å². The lowest BCUT2D eigenvalue weighted by Gasteiger charge is -2.33. The zero-order valence-corrected chi connectivity index (χ0v) is 13.1. The van der Waals surface area contributed by atoms with Crippen LogP contribution in [0.1, 0.15) is 29.5 Å². The van der Waals surface area contributed by atoms with Gasteiger partial charge in [-0.15, -0.1) is 0 Å². The highest BCUT2D eigenvalue weighted by molar-refractivity contribution is 5.91. The molecule has 10 heteroatoms. The van der Waals surface area contributed by atoms with Crippen molar-refractivity contribution in [2.75, 3.05) is 12.4 Å². The number of rotatable bonds is 3. The number of benzene rings is 1. The van der Waals surface area contributed by atoms with Crippen LogP contribution in [-0.2, 0) is 18.8 Å². The van der Waals surface area contributed by atoms with Crippen molar-refractivity contribution >= 4 is 11.7 Å². The number of carbonyl (C=O) groups is 1. The van der Waals surface area contributed by atoms with Gasteiger partial charge in [0.2, 0.25) is 0 Å². The number of urea groups is 1. The minimum Gasteiger partial charge on any atom is -0.350 e. The number of fused-ring (bicyclic) bond motifs is 1. The number of anilines is 1. The third kappa shape index (κ3) is 3.26. The van der Waals surface area contributed by atoms with Gasteiger partial charge in [0, 0.05) is 7.05 Å². The number of nitrogens with one attached hydrogen (secondary N) is 2. The third-order valence-corrected chi connectivity index (χ3v) is 4.13. The van der Waals surface area contributed by atoms with Gasteiger partial charge in [-0.05, 0) is 36.8 Å². The number of aryl methyl sites for hydroxylation is 1. The van der Waals surface area contributed by atoms with Crippen molar-refractivity contribution in [2.24, 2.45) is 0 Å². The Kier molecular flexibility index (Phi) is 4.95. The summed E-state index contributed by atoms with van der Waals surface area (Å²) in [5, 5.41) is 13.0. The first-order chi connectivity index (χ1) is 11.4. The van der Waals surface area contributed by atoms with Gasteiger partial charge in [0.15, 0.2) is 0 Å². The average Bonchev–Trinajstić information content (AvgIpc) is 2.53. The van der Waals surface area contributed by atoms with Crippen molar-refractivity contribution < 1.29 is 36.2 Å². The van der Waals surface area contributed by atoms with Gasteiger partial charge < -0.3 is 15.7 Å². The predicted molar refractivity (Wildman–Crippen MR) is 77.2 cm³/mol. The van der Waals surface area contributed by atoms with Gasteiger partial charge in [-0.3, -0.25) is 0 Å². The van der Waals surface area contributed by atoms with Crippen molar-refractivity contribution in [1.29, 1.82) is 0 Å². The van der Waals surface area contributed by atoms with Crippen LogP contribution in [0.25, 0.3) is 0 Å². The lowest BCUT2D eigenvalue weighted by atomic mass is 9.86. The number of halogens is 6. The molecule has 0 bridgehead atoms. The monoisotopic (exact) mass is 370 g/mol. The van der Waals surface area contributed by atoms with E-state index in [1.165, 1.54) is 13.1 Å².